The van der Waals surface area contributed by atoms with Gasteiger partial charge < -0.3 is 10.1 Å². The molecule has 2 aromatic rings. The Morgan fingerprint density at radius 1 is 1.41 bits per heavy atom. The quantitative estimate of drug-likeness (QED) is 0.870. The highest BCUT2D eigenvalue weighted by atomic mass is 16.5. The molecule has 0 bridgehead atoms. The van der Waals surface area contributed by atoms with Gasteiger partial charge in [-0.25, -0.2) is 4.68 Å². The molecule has 0 saturated carbocycles. The first-order chi connectivity index (χ1) is 10.5. The number of aromatic nitrogens is 4. The van der Waals surface area contributed by atoms with Crippen LogP contribution in [0.1, 0.15) is 31.3 Å². The Labute approximate surface area is 129 Å². The van der Waals surface area contributed by atoms with Crippen LogP contribution in [0.3, 0.4) is 0 Å². The van der Waals surface area contributed by atoms with Crippen molar-refractivity contribution in [3.8, 4) is 5.75 Å². The zero-order valence-electron chi connectivity index (χ0n) is 13.3. The third kappa shape index (κ3) is 3.81. The molecule has 1 N–H and O–H groups in total. The molecule has 0 spiro atoms. The molecule has 22 heavy (non-hydrogen) atoms. The van der Waals surface area contributed by atoms with E-state index in [1.54, 1.807) is 18.7 Å². The Kier molecular flexibility index (Phi) is 5.08. The van der Waals surface area contributed by atoms with E-state index >= 15 is 0 Å². The number of methoxy groups -OCH3 is 1. The fourth-order valence-electron chi connectivity index (χ4n) is 2.22. The molecule has 7 nitrogen and oxygen atoms in total. The third-order valence-electron chi connectivity index (χ3n) is 3.25. The number of carbonyl (C=O) groups excluding carboxylic acids is 1. The first kappa shape index (κ1) is 15.9. The number of rotatable bonds is 6. The summed E-state index contributed by atoms with van der Waals surface area (Å²) in [5.74, 6) is 1.26. The Morgan fingerprint density at radius 3 is 2.77 bits per heavy atom. The summed E-state index contributed by atoms with van der Waals surface area (Å²) in [6, 6.07) is 7.20. The highest BCUT2D eigenvalue weighted by Gasteiger charge is 2.24. The minimum absolute atomic E-state index is 0.0529. The molecule has 0 radical (unpaired) electrons. The molecule has 0 fully saturated rings. The normalized spacial score (nSPS) is 12.2. The second-order valence-electron chi connectivity index (χ2n) is 5.41. The van der Waals surface area contributed by atoms with Gasteiger partial charge in [-0.3, -0.25) is 4.79 Å². The Balaban J connectivity index is 2.28. The maximum absolute atomic E-state index is 12.5. The molecular formula is C15H21N5O2. The average molecular weight is 303 g/mol. The molecular weight excluding hydrogens is 282 g/mol. The van der Waals surface area contributed by atoms with E-state index in [1.165, 1.54) is 0 Å². The number of amides is 1. The topological polar surface area (TPSA) is 81.9 Å². The van der Waals surface area contributed by atoms with Gasteiger partial charge in [-0.1, -0.05) is 12.1 Å². The van der Waals surface area contributed by atoms with E-state index in [4.69, 9.17) is 4.74 Å². The first-order valence-corrected chi connectivity index (χ1v) is 7.19. The van der Waals surface area contributed by atoms with Crippen molar-refractivity contribution in [2.45, 2.75) is 39.3 Å². The summed E-state index contributed by atoms with van der Waals surface area (Å²) in [4.78, 5) is 12.5. The predicted molar refractivity (Wildman–Crippen MR) is 81.6 cm³/mol. The lowest BCUT2D eigenvalue weighted by Gasteiger charge is -2.19. The van der Waals surface area contributed by atoms with Crippen molar-refractivity contribution >= 4 is 5.91 Å². The summed E-state index contributed by atoms with van der Waals surface area (Å²) in [6.45, 7) is 5.63. The van der Waals surface area contributed by atoms with Crippen LogP contribution >= 0.6 is 0 Å². The zero-order chi connectivity index (χ0) is 16.1. The Hall–Kier alpha value is -2.44. The number of hydrogen-bond acceptors (Lipinski definition) is 5. The highest BCUT2D eigenvalue weighted by molar-refractivity contribution is 5.80. The predicted octanol–water partition coefficient (Wildman–Crippen LogP) is 1.30. The maximum Gasteiger partial charge on any atom is 0.245 e. The Morgan fingerprint density at radius 2 is 2.18 bits per heavy atom. The van der Waals surface area contributed by atoms with Crippen molar-refractivity contribution in [1.82, 2.24) is 25.5 Å². The van der Waals surface area contributed by atoms with Gasteiger partial charge in [0, 0.05) is 12.5 Å². The first-order valence-electron chi connectivity index (χ1n) is 7.19. The van der Waals surface area contributed by atoms with Crippen LogP contribution in [0.2, 0.25) is 0 Å². The summed E-state index contributed by atoms with van der Waals surface area (Å²) < 4.78 is 6.78. The van der Waals surface area contributed by atoms with Crippen LogP contribution in [-0.4, -0.2) is 39.3 Å². The van der Waals surface area contributed by atoms with Gasteiger partial charge in [-0.05, 0) is 48.9 Å². The second-order valence-corrected chi connectivity index (χ2v) is 5.41. The van der Waals surface area contributed by atoms with Gasteiger partial charge in [-0.15, -0.1) is 5.10 Å². The molecule has 1 unspecified atom stereocenters. The highest BCUT2D eigenvalue weighted by Crippen LogP contribution is 2.19. The number of nitrogens with zero attached hydrogens (tertiary/aromatic N) is 4. The lowest BCUT2D eigenvalue weighted by molar-refractivity contribution is -0.125. The van der Waals surface area contributed by atoms with Crippen LogP contribution in [0.4, 0.5) is 0 Å². The molecule has 2 rings (SSSR count). The number of tetrazole rings is 1. The number of carbonyl (C=O) groups is 1. The van der Waals surface area contributed by atoms with Crippen LogP contribution < -0.4 is 10.1 Å². The summed E-state index contributed by atoms with van der Waals surface area (Å²) in [7, 11) is 1.62. The second kappa shape index (κ2) is 7.02. The molecule has 1 amide bonds. The van der Waals surface area contributed by atoms with Gasteiger partial charge in [-0.2, -0.15) is 0 Å². The number of hydrogen-bond donors (Lipinski definition) is 1. The largest absolute Gasteiger partial charge is 0.497 e. The third-order valence-corrected chi connectivity index (χ3v) is 3.25. The van der Waals surface area contributed by atoms with Crippen molar-refractivity contribution in [3.63, 3.8) is 0 Å². The molecule has 1 aromatic heterocycles. The van der Waals surface area contributed by atoms with Gasteiger partial charge in [0.05, 0.1) is 7.11 Å². The van der Waals surface area contributed by atoms with E-state index in [1.807, 2.05) is 38.1 Å². The van der Waals surface area contributed by atoms with E-state index in [0.717, 1.165) is 11.3 Å². The fraction of sp³-hybridized carbons (Fsp3) is 0.467. The number of aryl methyl sites for hydroxylation is 1. The van der Waals surface area contributed by atoms with Gasteiger partial charge >= 0.3 is 0 Å². The molecule has 0 aliphatic heterocycles. The van der Waals surface area contributed by atoms with E-state index in [0.29, 0.717) is 12.2 Å². The Bertz CT molecular complexity index is 638. The van der Waals surface area contributed by atoms with Crippen molar-refractivity contribution in [1.29, 1.82) is 0 Å². The molecule has 1 atom stereocenters. The van der Waals surface area contributed by atoms with E-state index in [9.17, 15) is 4.79 Å². The van der Waals surface area contributed by atoms with Crippen LogP contribution in [-0.2, 0) is 11.2 Å². The van der Waals surface area contributed by atoms with Gasteiger partial charge in [0.25, 0.3) is 0 Å². The zero-order valence-corrected chi connectivity index (χ0v) is 13.3. The molecule has 0 aliphatic carbocycles. The SMILES string of the molecule is COc1cccc(CC(C(=O)NC(C)C)n2nnnc2C)c1. The molecule has 7 heteroatoms. The maximum atomic E-state index is 12.5. The van der Waals surface area contributed by atoms with Gasteiger partial charge in [0.1, 0.15) is 17.6 Å². The van der Waals surface area contributed by atoms with Crippen LogP contribution in [0.5, 0.6) is 5.75 Å². The summed E-state index contributed by atoms with van der Waals surface area (Å²) in [5.41, 5.74) is 0.984. The van der Waals surface area contributed by atoms with Crippen molar-refractivity contribution in [2.75, 3.05) is 7.11 Å². The van der Waals surface area contributed by atoms with Crippen LogP contribution in [0.25, 0.3) is 0 Å². The number of ether oxygens (including phenoxy) is 1. The molecule has 1 aromatic carbocycles. The van der Waals surface area contributed by atoms with Crippen LogP contribution in [0.15, 0.2) is 24.3 Å². The summed E-state index contributed by atoms with van der Waals surface area (Å²) in [5, 5.41) is 14.4. The smallest absolute Gasteiger partial charge is 0.245 e. The fourth-order valence-corrected chi connectivity index (χ4v) is 2.22. The lowest BCUT2D eigenvalue weighted by atomic mass is 10.0. The summed E-state index contributed by atoms with van der Waals surface area (Å²) in [6.07, 6.45) is 0.488. The average Bonchev–Trinajstić information content (AvgIpc) is 2.90. The number of nitrogens with one attached hydrogen (secondary N) is 1. The van der Waals surface area contributed by atoms with Gasteiger partial charge in [0.2, 0.25) is 5.91 Å². The van der Waals surface area contributed by atoms with Crippen LogP contribution in [0, 0.1) is 6.92 Å². The standard InChI is InChI=1S/C15H21N5O2/c1-10(2)16-15(21)14(20-11(3)17-18-19-20)9-12-6-5-7-13(8-12)22-4/h5-8,10,14H,9H2,1-4H3,(H,16,21). The molecule has 0 saturated heterocycles. The minimum Gasteiger partial charge on any atom is -0.497 e. The van der Waals surface area contributed by atoms with E-state index in [2.05, 4.69) is 20.8 Å². The van der Waals surface area contributed by atoms with Crippen molar-refractivity contribution < 1.29 is 9.53 Å². The van der Waals surface area contributed by atoms with E-state index in [-0.39, 0.29) is 11.9 Å². The lowest BCUT2D eigenvalue weighted by Crippen LogP contribution is -2.38. The molecule has 1 heterocycles. The number of benzene rings is 1. The van der Waals surface area contributed by atoms with E-state index < -0.39 is 6.04 Å². The minimum atomic E-state index is -0.496. The van der Waals surface area contributed by atoms with Crippen molar-refractivity contribution in [3.05, 3.63) is 35.7 Å². The monoisotopic (exact) mass is 303 g/mol. The van der Waals surface area contributed by atoms with Crippen molar-refractivity contribution in [2.24, 2.45) is 0 Å². The summed E-state index contributed by atoms with van der Waals surface area (Å²) >= 11 is 0. The van der Waals surface area contributed by atoms with Gasteiger partial charge in [0.15, 0.2) is 0 Å². The molecule has 0 aliphatic rings. The molecule has 118 valence electrons.